The number of rotatable bonds is 6. The number of carbonyl (C=O) groups is 2. The number of ketones is 1. The Bertz CT molecular complexity index is 1720. The van der Waals surface area contributed by atoms with Crippen molar-refractivity contribution in [3.8, 4) is 0 Å². The number of ether oxygens (including phenoxy) is 8. The zero-order valence-corrected chi connectivity index (χ0v) is 36.6. The topological polar surface area (TPSA) is 293 Å². The molecule has 0 amide bonds. The molecule has 19 heteroatoms. The van der Waals surface area contributed by atoms with Crippen molar-refractivity contribution in [1.29, 1.82) is 0 Å². The predicted octanol–water partition coefficient (Wildman–Crippen LogP) is -0.886. The molecule has 19 nitrogen and oxygen atoms in total. The molecule has 9 aliphatic rings. The molecule has 9 N–H and O–H groups in total. The second-order valence-electron chi connectivity index (χ2n) is 21.3. The first-order valence-electron chi connectivity index (χ1n) is 23.1. The molecule has 4 bridgehead atoms. The first kappa shape index (κ1) is 46.6. The molecule has 0 radical (unpaired) electrons. The highest BCUT2D eigenvalue weighted by Gasteiger charge is 2.90. The second-order valence-corrected chi connectivity index (χ2v) is 21.3. The van der Waals surface area contributed by atoms with Crippen LogP contribution in [0.3, 0.4) is 0 Å². The number of Topliss-reactive ketones (excluding diaryl/α,β-unsaturated/α-hetero) is 1. The third-order valence-corrected chi connectivity index (χ3v) is 17.4. The van der Waals surface area contributed by atoms with E-state index in [0.717, 1.165) is 19.3 Å². The van der Waals surface area contributed by atoms with Crippen LogP contribution in [0.1, 0.15) is 92.4 Å². The van der Waals surface area contributed by atoms with Crippen LogP contribution in [0.25, 0.3) is 0 Å². The second kappa shape index (κ2) is 16.6. The molecule has 4 aliphatic carbocycles. The summed E-state index contributed by atoms with van der Waals surface area (Å²) in [6.07, 6.45) is -22.0. The molecule has 5 saturated heterocycles. The third kappa shape index (κ3) is 7.12. The summed E-state index contributed by atoms with van der Waals surface area (Å²) in [6.45, 7) is 9.81. The first-order valence-corrected chi connectivity index (χ1v) is 23.1. The van der Waals surface area contributed by atoms with Crippen LogP contribution in [0, 0.1) is 40.4 Å². The Labute approximate surface area is 366 Å². The van der Waals surface area contributed by atoms with Crippen molar-refractivity contribution in [2.75, 3.05) is 13.2 Å². The molecular formula is C44H68O19. The van der Waals surface area contributed by atoms with Crippen LogP contribution in [0.15, 0.2) is 0 Å². The molecule has 5 aliphatic heterocycles. The summed E-state index contributed by atoms with van der Waals surface area (Å²) < 4.78 is 50.2. The van der Waals surface area contributed by atoms with Crippen molar-refractivity contribution in [3.05, 3.63) is 0 Å². The smallest absolute Gasteiger partial charge is 0.335 e. The fourth-order valence-electron chi connectivity index (χ4n) is 14.3. The van der Waals surface area contributed by atoms with E-state index < -0.39 is 146 Å². The van der Waals surface area contributed by atoms with Crippen LogP contribution in [-0.2, 0) is 47.5 Å². The summed E-state index contributed by atoms with van der Waals surface area (Å²) in [5.74, 6) is -1.27. The number of aliphatic hydroxyl groups is 8. The number of aliphatic carboxylic acids is 1. The molecule has 0 spiro atoms. The Morgan fingerprint density at radius 1 is 0.667 bits per heavy atom. The maximum atomic E-state index is 13.1. The van der Waals surface area contributed by atoms with E-state index in [1.807, 2.05) is 13.8 Å². The summed E-state index contributed by atoms with van der Waals surface area (Å²) in [7, 11) is 0. The number of carbonyl (C=O) groups excluding carboxylic acids is 1. The fraction of sp³-hybridized carbons (Fsp3) is 0.955. The average molecular weight is 901 g/mol. The molecule has 9 fully saturated rings. The monoisotopic (exact) mass is 900 g/mol. The van der Waals surface area contributed by atoms with Crippen LogP contribution in [0.4, 0.5) is 0 Å². The van der Waals surface area contributed by atoms with E-state index in [2.05, 4.69) is 20.8 Å². The van der Waals surface area contributed by atoms with E-state index in [0.29, 0.717) is 32.1 Å². The van der Waals surface area contributed by atoms with E-state index >= 15 is 0 Å². The predicted molar refractivity (Wildman–Crippen MR) is 211 cm³/mol. The van der Waals surface area contributed by atoms with Gasteiger partial charge >= 0.3 is 5.97 Å². The number of hydrogen-bond acceptors (Lipinski definition) is 18. The molecule has 25 atom stereocenters. The summed E-state index contributed by atoms with van der Waals surface area (Å²) in [4.78, 5) is 25.4. The van der Waals surface area contributed by atoms with Gasteiger partial charge in [-0.2, -0.15) is 0 Å². The Morgan fingerprint density at radius 3 is 2.10 bits per heavy atom. The molecule has 25 unspecified atom stereocenters. The Hall–Kier alpha value is -1.50. The molecule has 0 aromatic heterocycles. The highest BCUT2D eigenvalue weighted by Crippen LogP contribution is 2.81. The highest BCUT2D eigenvalue weighted by atomic mass is 16.8. The number of hydrogen-bond donors (Lipinski definition) is 9. The molecule has 0 aromatic carbocycles. The summed E-state index contributed by atoms with van der Waals surface area (Å²) in [6, 6.07) is 0. The number of aliphatic hydroxyl groups excluding tert-OH is 8. The average Bonchev–Trinajstić information content (AvgIpc) is 3.82. The molecule has 358 valence electrons. The molecule has 9 rings (SSSR count). The Kier molecular flexibility index (Phi) is 12.3. The summed E-state index contributed by atoms with van der Waals surface area (Å²) >= 11 is 0. The number of carboxylic acid groups (broad SMARTS) is 1. The van der Waals surface area contributed by atoms with Crippen LogP contribution in [0.2, 0.25) is 0 Å². The van der Waals surface area contributed by atoms with Crippen LogP contribution in [0.5, 0.6) is 0 Å². The Morgan fingerprint density at radius 2 is 1.38 bits per heavy atom. The van der Waals surface area contributed by atoms with Gasteiger partial charge in [0, 0.05) is 18.3 Å². The lowest BCUT2D eigenvalue weighted by Crippen LogP contribution is -2.70. The molecule has 5 heterocycles. The van der Waals surface area contributed by atoms with Crippen molar-refractivity contribution in [2.24, 2.45) is 40.4 Å². The highest BCUT2D eigenvalue weighted by molar-refractivity contribution is 5.78. The van der Waals surface area contributed by atoms with Gasteiger partial charge in [-0.1, -0.05) is 34.6 Å². The fourth-order valence-corrected chi connectivity index (χ4v) is 14.3. The zero-order valence-electron chi connectivity index (χ0n) is 36.6. The normalized spacial score (nSPS) is 55.9. The van der Waals surface area contributed by atoms with E-state index in [-0.39, 0.29) is 41.3 Å². The lowest BCUT2D eigenvalue weighted by Gasteiger charge is -2.61. The van der Waals surface area contributed by atoms with E-state index in [1.54, 1.807) is 0 Å². The number of epoxide rings is 1. The van der Waals surface area contributed by atoms with Crippen LogP contribution >= 0.6 is 0 Å². The van der Waals surface area contributed by atoms with Gasteiger partial charge in [-0.25, -0.2) is 4.79 Å². The minimum Gasteiger partial charge on any atom is -0.479 e. The summed E-state index contributed by atoms with van der Waals surface area (Å²) in [5.41, 5.74) is -2.63. The van der Waals surface area contributed by atoms with Crippen LogP contribution < -0.4 is 0 Å². The van der Waals surface area contributed by atoms with E-state index in [9.17, 15) is 55.5 Å². The Balaban J connectivity index is 1.07. The van der Waals surface area contributed by atoms with Crippen molar-refractivity contribution >= 4 is 11.8 Å². The lowest BCUT2D eigenvalue weighted by atomic mass is 9.43. The van der Waals surface area contributed by atoms with Gasteiger partial charge in [0.25, 0.3) is 0 Å². The maximum Gasteiger partial charge on any atom is 0.335 e. The standard InChI is InChI=1S/C44H68O19/c1-17(2)12-19(45)13-18(3)21-6-7-25-41(21,4)10-11-43-42(5)9-8-20-14-22(42)32(36(53)44(25,43)63-43)56-16-24-27(48)28(49)31(52)38(59-24)61-34-26(47)23(46)15-57-39(34)62-35-30(51)29(50)33(37(54)55)60-40(35)58-20/h17-18,20-36,38-40,46-53H,6-16H2,1-5H3,(H,54,55). The number of carboxylic acids is 1. The van der Waals surface area contributed by atoms with Gasteiger partial charge in [-0.05, 0) is 80.0 Å². The van der Waals surface area contributed by atoms with Gasteiger partial charge in [0.2, 0.25) is 0 Å². The largest absolute Gasteiger partial charge is 0.479 e. The third-order valence-electron chi connectivity index (χ3n) is 17.4. The molecule has 4 saturated carbocycles. The molecule has 0 aromatic rings. The van der Waals surface area contributed by atoms with Gasteiger partial charge in [-0.3, -0.25) is 4.79 Å². The first-order chi connectivity index (χ1) is 29.7. The lowest BCUT2D eigenvalue weighted by molar-refractivity contribution is -0.387. The number of fused-ring (bicyclic) bond motifs is 6. The maximum absolute atomic E-state index is 13.1. The van der Waals surface area contributed by atoms with Crippen LogP contribution in [-0.4, -0.2) is 186 Å². The molecular weight excluding hydrogens is 832 g/mol. The van der Waals surface area contributed by atoms with E-state index in [1.165, 1.54) is 0 Å². The minimum absolute atomic E-state index is 0.0785. The SMILES string of the molecule is CC(C)CC(=O)CC(C)C1CCC2C1(C)CCC13OC21C(O)C1OCC2OC(OC4C(OCC(O)C4O)OC4C(OC5CCC3(C)C1C5)OC(C(=O)O)C(O)C4O)C(O)C(O)C2O. The van der Waals surface area contributed by atoms with Crippen molar-refractivity contribution in [1.82, 2.24) is 0 Å². The van der Waals surface area contributed by atoms with Crippen molar-refractivity contribution < 1.29 is 93.4 Å². The summed E-state index contributed by atoms with van der Waals surface area (Å²) in [5, 5.41) is 101. The minimum atomic E-state index is -2.01. The zero-order chi connectivity index (χ0) is 45.3. The van der Waals surface area contributed by atoms with Gasteiger partial charge in [0.15, 0.2) is 25.0 Å². The quantitative estimate of drug-likeness (QED) is 0.115. The van der Waals surface area contributed by atoms with Gasteiger partial charge in [0.05, 0.1) is 25.4 Å². The van der Waals surface area contributed by atoms with Crippen molar-refractivity contribution in [3.63, 3.8) is 0 Å². The molecule has 63 heavy (non-hydrogen) atoms. The van der Waals surface area contributed by atoms with Gasteiger partial charge in [0.1, 0.15) is 84.1 Å². The van der Waals surface area contributed by atoms with E-state index in [4.69, 9.17) is 37.9 Å². The van der Waals surface area contributed by atoms with Gasteiger partial charge in [-0.15, -0.1) is 0 Å². The van der Waals surface area contributed by atoms with Crippen molar-refractivity contribution in [2.45, 2.75) is 208 Å². The van der Waals surface area contributed by atoms with Gasteiger partial charge < -0.3 is 83.9 Å².